The number of carbonyl (C=O) groups is 2. The Balaban J connectivity index is 0.00000420. The van der Waals surface area contributed by atoms with Crippen LogP contribution in [0.4, 0.5) is 0 Å². The van der Waals surface area contributed by atoms with Crippen molar-refractivity contribution in [1.29, 1.82) is 0 Å². The van der Waals surface area contributed by atoms with E-state index in [-0.39, 0.29) is 48.8 Å². The van der Waals surface area contributed by atoms with Gasteiger partial charge in [0.1, 0.15) is 18.9 Å². The standard InChI is InChI=1S/C33H37N2O3.HI/c1-4-35(3,5-2)20-21-38-31-18-16-28(17-19-31)33(37)34-24-29(22-26-12-8-6-9-13-26)32(36)30(25-34)23-27-14-10-7-11-15-27;/h6-19,22-23H,4-5,20-21,24-25H2,1-3H3;1H/q+1;/p-1/b29-22+,30-23+;. The minimum absolute atomic E-state index is 0. The van der Waals surface area contributed by atoms with E-state index >= 15 is 0 Å². The van der Waals surface area contributed by atoms with Gasteiger partial charge in [0.25, 0.3) is 5.91 Å². The average molecular weight is 637 g/mol. The van der Waals surface area contributed by atoms with E-state index in [1.54, 1.807) is 4.90 Å². The molecule has 0 atom stereocenters. The molecule has 0 radical (unpaired) electrons. The maximum atomic E-state index is 13.6. The van der Waals surface area contributed by atoms with Crippen molar-refractivity contribution in [3.8, 4) is 5.75 Å². The number of likely N-dealkylation sites (tertiary alicyclic amines) is 1. The van der Waals surface area contributed by atoms with Crippen LogP contribution in [0.25, 0.3) is 12.2 Å². The van der Waals surface area contributed by atoms with E-state index in [0.717, 1.165) is 41.0 Å². The molecule has 1 saturated heterocycles. The molecule has 0 aromatic heterocycles. The Kier molecular flexibility index (Phi) is 11.1. The number of Topliss-reactive ketones (excluding diaryl/α,β-unsaturated/α-hetero) is 1. The van der Waals surface area contributed by atoms with Gasteiger partial charge in [0, 0.05) is 16.7 Å². The Morgan fingerprint density at radius 1 is 0.821 bits per heavy atom. The van der Waals surface area contributed by atoms with Gasteiger partial charge in [-0.1, -0.05) is 60.7 Å². The number of hydrogen-bond donors (Lipinski definition) is 0. The number of likely N-dealkylation sites (N-methyl/N-ethyl adjacent to an activating group) is 1. The van der Waals surface area contributed by atoms with Crippen LogP contribution in [0, 0.1) is 0 Å². The molecular weight excluding hydrogens is 599 g/mol. The fraction of sp³-hybridized carbons (Fsp3) is 0.273. The van der Waals surface area contributed by atoms with Crippen molar-refractivity contribution < 1.29 is 42.8 Å². The summed E-state index contributed by atoms with van der Waals surface area (Å²) in [6.07, 6.45) is 3.77. The Labute approximate surface area is 249 Å². The van der Waals surface area contributed by atoms with E-state index in [9.17, 15) is 9.59 Å². The lowest BCUT2D eigenvalue weighted by Gasteiger charge is -2.31. The Hall–Kier alpha value is -3.23. The molecule has 204 valence electrons. The van der Waals surface area contributed by atoms with Gasteiger partial charge in [-0.3, -0.25) is 9.59 Å². The number of ketones is 1. The third-order valence-corrected chi connectivity index (χ3v) is 7.40. The first kappa shape index (κ1) is 30.3. The van der Waals surface area contributed by atoms with Gasteiger partial charge in [-0.05, 0) is 61.4 Å². The number of quaternary nitrogens is 1. The second kappa shape index (κ2) is 14.2. The summed E-state index contributed by atoms with van der Waals surface area (Å²) in [6.45, 7) is 8.60. The summed E-state index contributed by atoms with van der Waals surface area (Å²) in [7, 11) is 2.23. The van der Waals surface area contributed by atoms with E-state index in [1.165, 1.54) is 0 Å². The first-order valence-electron chi connectivity index (χ1n) is 13.3. The second-order valence-corrected chi connectivity index (χ2v) is 10.00. The number of rotatable bonds is 9. The molecule has 4 rings (SSSR count). The topological polar surface area (TPSA) is 46.6 Å². The van der Waals surface area contributed by atoms with Gasteiger partial charge in [-0.15, -0.1) is 0 Å². The van der Waals surface area contributed by atoms with Crippen LogP contribution in [0.2, 0.25) is 0 Å². The highest BCUT2D eigenvalue weighted by molar-refractivity contribution is 6.15. The highest BCUT2D eigenvalue weighted by atomic mass is 127. The van der Waals surface area contributed by atoms with E-state index in [1.807, 2.05) is 97.1 Å². The number of benzene rings is 3. The fourth-order valence-corrected chi connectivity index (χ4v) is 4.48. The molecule has 6 heteroatoms. The number of amides is 1. The Morgan fingerprint density at radius 3 is 1.77 bits per heavy atom. The Morgan fingerprint density at radius 2 is 1.31 bits per heavy atom. The molecule has 1 heterocycles. The van der Waals surface area contributed by atoms with Crippen molar-refractivity contribution in [2.45, 2.75) is 13.8 Å². The minimum atomic E-state index is -0.108. The highest BCUT2D eigenvalue weighted by Crippen LogP contribution is 2.24. The molecule has 0 spiro atoms. The number of hydrogen-bond acceptors (Lipinski definition) is 3. The zero-order valence-corrected chi connectivity index (χ0v) is 25.1. The van der Waals surface area contributed by atoms with E-state index < -0.39 is 0 Å². The van der Waals surface area contributed by atoms with Crippen molar-refractivity contribution in [1.82, 2.24) is 4.90 Å². The molecule has 1 aliphatic heterocycles. The Bertz CT molecular complexity index is 1240. The molecule has 1 fully saturated rings. The maximum Gasteiger partial charge on any atom is 0.254 e. The summed E-state index contributed by atoms with van der Waals surface area (Å²) in [5.41, 5.74) is 3.66. The second-order valence-electron chi connectivity index (χ2n) is 10.00. The van der Waals surface area contributed by atoms with Gasteiger partial charge >= 0.3 is 0 Å². The first-order chi connectivity index (χ1) is 18.4. The van der Waals surface area contributed by atoms with Gasteiger partial charge in [0.05, 0.1) is 33.2 Å². The molecule has 3 aromatic carbocycles. The lowest BCUT2D eigenvalue weighted by atomic mass is 9.93. The SMILES string of the molecule is CC[N+](C)(CC)CCOc1ccc(C(=O)N2C/C(=C\c3ccccc3)C(=O)/C(=C/c3ccccc3)C2)cc1.[I-]. The van der Waals surface area contributed by atoms with Gasteiger partial charge in [-0.2, -0.15) is 0 Å². The number of halogens is 1. The largest absolute Gasteiger partial charge is 1.00 e. The van der Waals surface area contributed by atoms with Crippen LogP contribution in [0.3, 0.4) is 0 Å². The summed E-state index contributed by atoms with van der Waals surface area (Å²) >= 11 is 0. The summed E-state index contributed by atoms with van der Waals surface area (Å²) in [5.74, 6) is 0.627. The third kappa shape index (κ3) is 8.13. The quantitative estimate of drug-likeness (QED) is 0.206. The van der Waals surface area contributed by atoms with Gasteiger partial charge in [-0.25, -0.2) is 0 Å². The van der Waals surface area contributed by atoms with Crippen molar-refractivity contribution in [2.24, 2.45) is 0 Å². The van der Waals surface area contributed by atoms with Crippen LogP contribution in [-0.2, 0) is 4.79 Å². The maximum absolute atomic E-state index is 13.6. The molecule has 5 nitrogen and oxygen atoms in total. The molecule has 0 saturated carbocycles. The number of ether oxygens (including phenoxy) is 1. The monoisotopic (exact) mass is 636 g/mol. The van der Waals surface area contributed by atoms with Gasteiger partial charge in [0.2, 0.25) is 0 Å². The summed E-state index contributed by atoms with van der Waals surface area (Å²) in [5, 5.41) is 0. The van der Waals surface area contributed by atoms with Crippen LogP contribution in [0.1, 0.15) is 35.3 Å². The van der Waals surface area contributed by atoms with Gasteiger partial charge in [0.15, 0.2) is 5.78 Å². The molecule has 39 heavy (non-hydrogen) atoms. The van der Waals surface area contributed by atoms with Crippen molar-refractivity contribution >= 4 is 23.8 Å². The normalized spacial score (nSPS) is 15.8. The molecule has 0 unspecified atom stereocenters. The fourth-order valence-electron chi connectivity index (χ4n) is 4.48. The van der Waals surface area contributed by atoms with Crippen molar-refractivity contribution in [2.75, 3.05) is 46.4 Å². The molecule has 0 N–H and O–H groups in total. The highest BCUT2D eigenvalue weighted by Gasteiger charge is 2.29. The van der Waals surface area contributed by atoms with Gasteiger partial charge < -0.3 is 38.1 Å². The third-order valence-electron chi connectivity index (χ3n) is 7.40. The van der Waals surface area contributed by atoms with Crippen LogP contribution in [-0.4, -0.2) is 67.5 Å². The van der Waals surface area contributed by atoms with Crippen LogP contribution in [0.15, 0.2) is 96.1 Å². The molecule has 1 aliphatic rings. The van der Waals surface area contributed by atoms with E-state index in [0.29, 0.717) is 23.3 Å². The summed E-state index contributed by atoms with van der Waals surface area (Å²) in [4.78, 5) is 28.7. The number of nitrogens with zero attached hydrogens (tertiary/aromatic N) is 2. The summed E-state index contributed by atoms with van der Waals surface area (Å²) in [6, 6.07) is 26.8. The molecular formula is C33H37IN2O3. The molecule has 3 aromatic rings. The molecule has 0 aliphatic carbocycles. The minimum Gasteiger partial charge on any atom is -1.00 e. The number of carbonyl (C=O) groups excluding carboxylic acids is 2. The van der Waals surface area contributed by atoms with Crippen molar-refractivity contribution in [3.63, 3.8) is 0 Å². The van der Waals surface area contributed by atoms with E-state index in [2.05, 4.69) is 20.9 Å². The molecule has 1 amide bonds. The van der Waals surface area contributed by atoms with Crippen LogP contribution in [0.5, 0.6) is 5.75 Å². The predicted octanol–water partition coefficient (Wildman–Crippen LogP) is 2.75. The van der Waals surface area contributed by atoms with Crippen LogP contribution < -0.4 is 28.7 Å². The first-order valence-corrected chi connectivity index (χ1v) is 13.3. The smallest absolute Gasteiger partial charge is 0.254 e. The zero-order valence-electron chi connectivity index (χ0n) is 23.0. The predicted molar refractivity (Wildman–Crippen MR) is 154 cm³/mol. The summed E-state index contributed by atoms with van der Waals surface area (Å²) < 4.78 is 6.92. The average Bonchev–Trinajstić information content (AvgIpc) is 2.96. The zero-order chi connectivity index (χ0) is 27.0. The van der Waals surface area contributed by atoms with Crippen LogP contribution >= 0.6 is 0 Å². The molecule has 0 bridgehead atoms. The lowest BCUT2D eigenvalue weighted by molar-refractivity contribution is -0.906. The lowest BCUT2D eigenvalue weighted by Crippen LogP contribution is -3.00. The van der Waals surface area contributed by atoms with Crippen molar-refractivity contribution in [3.05, 3.63) is 113 Å². The number of piperidine rings is 1. The van der Waals surface area contributed by atoms with E-state index in [4.69, 9.17) is 4.74 Å².